The molecule has 0 bridgehead atoms. The van der Waals surface area contributed by atoms with E-state index in [4.69, 9.17) is 34.6 Å². The van der Waals surface area contributed by atoms with Gasteiger partial charge in [0.05, 0.1) is 0 Å². The molecule has 0 aliphatic heterocycles. The highest BCUT2D eigenvalue weighted by Crippen LogP contribution is 2.35. The molecule has 0 saturated heterocycles. The molecule has 0 saturated carbocycles. The van der Waals surface area contributed by atoms with E-state index in [1.165, 1.54) is 0 Å². The fraction of sp³-hybridized carbons (Fsp3) is 0. The zero-order valence-corrected chi connectivity index (χ0v) is 6.44. The van der Waals surface area contributed by atoms with E-state index in [0.717, 1.165) is 0 Å². The summed E-state index contributed by atoms with van der Waals surface area (Å²) < 4.78 is 0.613. The van der Waals surface area contributed by atoms with Gasteiger partial charge in [-0.25, -0.2) is 0 Å². The number of nitrogens with zero attached hydrogens (tertiary/aromatic N) is 1. The van der Waals surface area contributed by atoms with Crippen molar-refractivity contribution in [2.75, 3.05) is 0 Å². The molecule has 0 fully saturated rings. The average Bonchev–Trinajstić information content (AvgIpc) is 1.31. The van der Waals surface area contributed by atoms with Crippen LogP contribution < -0.4 is 11.0 Å². The van der Waals surface area contributed by atoms with E-state index in [1.54, 1.807) is 0 Å². The van der Waals surface area contributed by atoms with Crippen LogP contribution in [-0.2, 0) is 11.8 Å². The van der Waals surface area contributed by atoms with E-state index < -0.39 is 6.49 Å². The Balaban J connectivity index is 3.80. The normalized spacial score (nSPS) is 12.7. The van der Waals surface area contributed by atoms with E-state index in [1.807, 2.05) is 0 Å². The smallest absolute Gasteiger partial charge is 0.164 e. The summed E-state index contributed by atoms with van der Waals surface area (Å²) in [6.07, 6.45) is 0. The highest BCUT2D eigenvalue weighted by atomic mass is 35.5. The molecule has 0 atom stereocenters. The highest BCUT2D eigenvalue weighted by Gasteiger charge is 2.09. The van der Waals surface area contributed by atoms with Crippen molar-refractivity contribution in [1.29, 1.82) is 0 Å². The zero-order valence-electron chi connectivity index (χ0n) is 3.21. The van der Waals surface area contributed by atoms with Crippen LogP contribution >= 0.6 is 30.0 Å². The monoisotopic (exact) mass is 179 g/mol. The maximum atomic E-state index is 5.05. The van der Waals surface area contributed by atoms with E-state index >= 15 is 0 Å². The van der Waals surface area contributed by atoms with Gasteiger partial charge < -0.3 is 0 Å². The molecule has 0 unspecified atom stereocenters. The fourth-order valence-electron chi connectivity index (χ4n) is 0. The second-order valence-electron chi connectivity index (χ2n) is 0.888. The molecule has 4 N–H and O–H groups in total. The molecular weight excluding hydrogens is 176 g/mol. The summed E-state index contributed by atoms with van der Waals surface area (Å²) in [7, 11) is 0. The lowest BCUT2D eigenvalue weighted by atomic mass is 13.8. The molecular formula is H4Cl2N3PS. The van der Waals surface area contributed by atoms with Gasteiger partial charge in [-0.1, -0.05) is 3.71 Å². The van der Waals surface area contributed by atoms with Crippen LogP contribution in [0.2, 0.25) is 0 Å². The quantitative estimate of drug-likeness (QED) is 0.461. The van der Waals surface area contributed by atoms with Gasteiger partial charge in [-0.3, -0.25) is 11.0 Å². The van der Waals surface area contributed by atoms with Gasteiger partial charge in [0.15, 0.2) is 6.49 Å². The van der Waals surface area contributed by atoms with Gasteiger partial charge in [0.25, 0.3) is 0 Å². The second kappa shape index (κ2) is 2.60. The molecule has 0 heterocycles. The molecule has 0 aliphatic rings. The first-order valence-electron chi connectivity index (χ1n) is 1.24. The summed E-state index contributed by atoms with van der Waals surface area (Å²) in [5, 5.41) is 0. The molecule has 7 heteroatoms. The minimum Gasteiger partial charge on any atom is -0.278 e. The van der Waals surface area contributed by atoms with Crippen LogP contribution in [0.5, 0.6) is 0 Å². The van der Waals surface area contributed by atoms with Gasteiger partial charge in [0.1, 0.15) is 0 Å². The van der Waals surface area contributed by atoms with Gasteiger partial charge in [-0.05, 0) is 11.8 Å². The first kappa shape index (κ1) is 8.11. The van der Waals surface area contributed by atoms with Gasteiger partial charge >= 0.3 is 0 Å². The Morgan fingerprint density at radius 1 is 1.43 bits per heavy atom. The lowest BCUT2D eigenvalue weighted by molar-refractivity contribution is 1.16. The zero-order chi connectivity index (χ0) is 6.08. The molecule has 3 nitrogen and oxygen atoms in total. The SMILES string of the molecule is NP(N)(=S)N(Cl)Cl. The molecule has 0 aromatic rings. The molecule has 0 amide bonds. The molecule has 0 aromatic heterocycles. The maximum absolute atomic E-state index is 5.05. The standard InChI is InChI=1S/Cl2H4N3PS/c1-5(2)6(3,4)7/h(H4,3,4,7). The van der Waals surface area contributed by atoms with E-state index in [-0.39, 0.29) is 0 Å². The third-order valence-corrected chi connectivity index (χ3v) is 3.24. The number of nitrogens with two attached hydrogens (primary N) is 2. The third kappa shape index (κ3) is 3.67. The first-order chi connectivity index (χ1) is 2.94. The van der Waals surface area contributed by atoms with Crippen LogP contribution in [0.15, 0.2) is 0 Å². The number of hydrogen-bond donors (Lipinski definition) is 2. The number of halogens is 2. The Labute approximate surface area is 56.9 Å². The van der Waals surface area contributed by atoms with Crippen molar-refractivity contribution in [3.05, 3.63) is 0 Å². The molecule has 0 radical (unpaired) electrons. The lowest BCUT2D eigenvalue weighted by Crippen LogP contribution is -2.12. The molecule has 0 rings (SSSR count). The van der Waals surface area contributed by atoms with Gasteiger partial charge in [-0.2, -0.15) is 0 Å². The fourth-order valence-corrected chi connectivity index (χ4v) is 0. The van der Waals surface area contributed by atoms with Gasteiger partial charge in [0, 0.05) is 23.6 Å². The van der Waals surface area contributed by atoms with Crippen LogP contribution in [0.4, 0.5) is 0 Å². The Kier molecular flexibility index (Phi) is 3.01. The first-order valence-corrected chi connectivity index (χ1v) is 4.81. The Morgan fingerprint density at radius 3 is 1.57 bits per heavy atom. The van der Waals surface area contributed by atoms with Crippen molar-refractivity contribution in [1.82, 2.24) is 3.71 Å². The molecule has 7 heavy (non-hydrogen) atoms. The summed E-state index contributed by atoms with van der Waals surface area (Å²) in [6, 6.07) is 0. The van der Waals surface area contributed by atoms with E-state index in [2.05, 4.69) is 11.8 Å². The number of rotatable bonds is 1. The minimum atomic E-state index is -2.54. The van der Waals surface area contributed by atoms with Crippen molar-refractivity contribution in [3.8, 4) is 0 Å². The van der Waals surface area contributed by atoms with Gasteiger partial charge in [0.2, 0.25) is 0 Å². The predicted octanol–water partition coefficient (Wildman–Crippen LogP) is 0.738. The topological polar surface area (TPSA) is 55.3 Å². The molecule has 0 spiro atoms. The van der Waals surface area contributed by atoms with Crippen LogP contribution in [0.1, 0.15) is 0 Å². The lowest BCUT2D eigenvalue weighted by Gasteiger charge is -2.10. The second-order valence-corrected chi connectivity index (χ2v) is 5.71. The van der Waals surface area contributed by atoms with Gasteiger partial charge in [-0.15, -0.1) is 0 Å². The summed E-state index contributed by atoms with van der Waals surface area (Å²) in [5.74, 6) is 0. The predicted molar refractivity (Wildman–Crippen MR) is 36.2 cm³/mol. The largest absolute Gasteiger partial charge is 0.278 e. The third-order valence-electron chi connectivity index (χ3n) is 0.236. The Hall–Kier alpha value is 1.11. The summed E-state index contributed by atoms with van der Waals surface area (Å²) in [4.78, 5) is 0. The van der Waals surface area contributed by atoms with Crippen molar-refractivity contribution in [2.45, 2.75) is 0 Å². The van der Waals surface area contributed by atoms with Crippen LogP contribution in [0, 0.1) is 0 Å². The van der Waals surface area contributed by atoms with Crippen molar-refractivity contribution < 1.29 is 0 Å². The van der Waals surface area contributed by atoms with E-state index in [9.17, 15) is 0 Å². The minimum absolute atomic E-state index is 0.613. The van der Waals surface area contributed by atoms with Crippen molar-refractivity contribution in [2.24, 2.45) is 11.0 Å². The Morgan fingerprint density at radius 2 is 1.57 bits per heavy atom. The highest BCUT2D eigenvalue weighted by molar-refractivity contribution is 8.12. The summed E-state index contributed by atoms with van der Waals surface area (Å²) >= 11 is 14.5. The van der Waals surface area contributed by atoms with Crippen LogP contribution in [0.25, 0.3) is 0 Å². The van der Waals surface area contributed by atoms with Crippen LogP contribution in [0.3, 0.4) is 0 Å². The van der Waals surface area contributed by atoms with E-state index in [0.29, 0.717) is 3.71 Å². The molecule has 0 aromatic carbocycles. The molecule has 0 aliphatic carbocycles. The number of hydrogen-bond acceptors (Lipinski definition) is 1. The summed E-state index contributed by atoms with van der Waals surface area (Å²) in [5.41, 5.74) is 10.1. The molecule has 44 valence electrons. The Bertz CT molecular complexity index is 95.1. The van der Waals surface area contributed by atoms with Crippen LogP contribution in [-0.4, -0.2) is 3.71 Å². The van der Waals surface area contributed by atoms with Crippen molar-refractivity contribution in [3.63, 3.8) is 0 Å². The maximum Gasteiger partial charge on any atom is 0.164 e. The summed E-state index contributed by atoms with van der Waals surface area (Å²) in [6.45, 7) is -2.54. The van der Waals surface area contributed by atoms with Crippen molar-refractivity contribution >= 4 is 41.9 Å². The average molecular weight is 180 g/mol.